The van der Waals surface area contributed by atoms with Gasteiger partial charge >= 0.3 is 0 Å². The van der Waals surface area contributed by atoms with Crippen LogP contribution in [0.4, 0.5) is 0 Å². The van der Waals surface area contributed by atoms with E-state index < -0.39 is 0 Å². The van der Waals surface area contributed by atoms with Crippen molar-refractivity contribution in [3.63, 3.8) is 0 Å². The van der Waals surface area contributed by atoms with Gasteiger partial charge in [0.25, 0.3) is 0 Å². The maximum atomic E-state index is 4.78. The van der Waals surface area contributed by atoms with Gasteiger partial charge in [0, 0.05) is 10.9 Å². The molecule has 0 aromatic heterocycles. The average Bonchev–Trinajstić information content (AvgIpc) is 2.30. The number of fused-ring (bicyclic) bond motifs is 1. The van der Waals surface area contributed by atoms with Crippen LogP contribution in [0.5, 0.6) is 0 Å². The Morgan fingerprint density at radius 1 is 1.24 bits per heavy atom. The molecule has 2 rings (SSSR count). The molecule has 0 atom stereocenters. The minimum atomic E-state index is 0.791. The fourth-order valence-electron chi connectivity index (χ4n) is 1.86. The minimum absolute atomic E-state index is 0.791. The van der Waals surface area contributed by atoms with Gasteiger partial charge in [-0.15, -0.1) is 0 Å². The van der Waals surface area contributed by atoms with Crippen LogP contribution in [0.25, 0.3) is 10.8 Å². The number of rotatable bonds is 3. The Morgan fingerprint density at radius 2 is 1.88 bits per heavy atom. The first-order chi connectivity index (χ1) is 8.20. The van der Waals surface area contributed by atoms with Crippen LogP contribution in [0.3, 0.4) is 0 Å². The summed E-state index contributed by atoms with van der Waals surface area (Å²) in [4.78, 5) is 4.78. The lowest BCUT2D eigenvalue weighted by atomic mass is 10.0. The van der Waals surface area contributed by atoms with Gasteiger partial charge in [0.15, 0.2) is 0 Å². The largest absolute Gasteiger partial charge is 0.399 e. The summed E-state index contributed by atoms with van der Waals surface area (Å²) in [7, 11) is 1.57. The Kier molecular flexibility index (Phi) is 3.79. The van der Waals surface area contributed by atoms with Crippen molar-refractivity contribution in [2.75, 3.05) is 7.11 Å². The molecule has 0 radical (unpaired) electrons. The highest BCUT2D eigenvalue weighted by atomic mass is 79.9. The van der Waals surface area contributed by atoms with Crippen LogP contribution in [-0.2, 0) is 11.3 Å². The summed E-state index contributed by atoms with van der Waals surface area (Å²) in [5.74, 6) is 0. The minimum Gasteiger partial charge on any atom is -0.399 e. The standard InChI is InChI=1S/C14H14BrNO/c1-10(16-17-2)7-13-8-11-5-3-4-6-12(11)9-14(13)15/h3-6,8-9H,7H2,1-2H3. The summed E-state index contributed by atoms with van der Waals surface area (Å²) in [6.07, 6.45) is 0.791. The van der Waals surface area contributed by atoms with E-state index in [9.17, 15) is 0 Å². The summed E-state index contributed by atoms with van der Waals surface area (Å²) < 4.78 is 1.11. The first-order valence-electron chi connectivity index (χ1n) is 5.44. The second-order valence-electron chi connectivity index (χ2n) is 3.98. The molecule has 0 spiro atoms. The van der Waals surface area contributed by atoms with Crippen LogP contribution in [0.15, 0.2) is 46.0 Å². The van der Waals surface area contributed by atoms with Gasteiger partial charge in [-0.2, -0.15) is 0 Å². The van der Waals surface area contributed by atoms with Crippen LogP contribution in [0, 0.1) is 0 Å². The highest BCUT2D eigenvalue weighted by molar-refractivity contribution is 9.10. The van der Waals surface area contributed by atoms with Crippen molar-refractivity contribution in [2.24, 2.45) is 5.16 Å². The van der Waals surface area contributed by atoms with Crippen molar-refractivity contribution in [3.05, 3.63) is 46.4 Å². The Morgan fingerprint density at radius 3 is 2.53 bits per heavy atom. The van der Waals surface area contributed by atoms with Crippen molar-refractivity contribution >= 4 is 32.4 Å². The molecule has 0 unspecified atom stereocenters. The number of benzene rings is 2. The van der Waals surface area contributed by atoms with Crippen molar-refractivity contribution in [2.45, 2.75) is 13.3 Å². The third kappa shape index (κ3) is 2.86. The Bertz CT molecular complexity index is 563. The maximum Gasteiger partial charge on any atom is 0.106 e. The molecular weight excluding hydrogens is 278 g/mol. The maximum absolute atomic E-state index is 4.78. The zero-order chi connectivity index (χ0) is 12.3. The van der Waals surface area contributed by atoms with Crippen LogP contribution in [0.1, 0.15) is 12.5 Å². The van der Waals surface area contributed by atoms with Gasteiger partial charge in [-0.25, -0.2) is 0 Å². The molecular formula is C14H14BrNO. The van der Waals surface area contributed by atoms with Crippen molar-refractivity contribution in [1.29, 1.82) is 0 Å². The van der Waals surface area contributed by atoms with Gasteiger partial charge in [0.05, 0.1) is 5.71 Å². The van der Waals surface area contributed by atoms with Crippen molar-refractivity contribution in [3.8, 4) is 0 Å². The van der Waals surface area contributed by atoms with Crippen molar-refractivity contribution in [1.82, 2.24) is 0 Å². The molecule has 0 aliphatic heterocycles. The molecule has 0 aliphatic rings. The van der Waals surface area contributed by atoms with Crippen LogP contribution in [0.2, 0.25) is 0 Å². The second-order valence-corrected chi connectivity index (χ2v) is 4.83. The second kappa shape index (κ2) is 5.32. The lowest BCUT2D eigenvalue weighted by Gasteiger charge is -2.06. The molecule has 0 N–H and O–H groups in total. The number of nitrogens with zero attached hydrogens (tertiary/aromatic N) is 1. The van der Waals surface area contributed by atoms with Crippen LogP contribution >= 0.6 is 15.9 Å². The fraction of sp³-hybridized carbons (Fsp3) is 0.214. The molecule has 0 aliphatic carbocycles. The smallest absolute Gasteiger partial charge is 0.106 e. The SMILES string of the molecule is CON=C(C)Cc1cc2ccccc2cc1Br. The van der Waals surface area contributed by atoms with Gasteiger partial charge < -0.3 is 4.84 Å². The highest BCUT2D eigenvalue weighted by Gasteiger charge is 2.04. The third-order valence-electron chi connectivity index (χ3n) is 2.61. The van der Waals surface area contributed by atoms with E-state index in [0.29, 0.717) is 0 Å². The quantitative estimate of drug-likeness (QED) is 0.614. The summed E-state index contributed by atoms with van der Waals surface area (Å²) in [6.45, 7) is 1.96. The molecule has 88 valence electrons. The molecule has 0 saturated heterocycles. The van der Waals surface area contributed by atoms with E-state index >= 15 is 0 Å². The number of hydrogen-bond donors (Lipinski definition) is 0. The van der Waals surface area contributed by atoms with E-state index in [1.807, 2.05) is 13.0 Å². The molecule has 2 aromatic rings. The summed E-state index contributed by atoms with van der Waals surface area (Å²) in [5, 5.41) is 6.42. The van der Waals surface area contributed by atoms with E-state index in [0.717, 1.165) is 16.6 Å². The summed E-state index contributed by atoms with van der Waals surface area (Å²) in [5.41, 5.74) is 2.19. The molecule has 0 amide bonds. The lowest BCUT2D eigenvalue weighted by Crippen LogP contribution is -1.99. The topological polar surface area (TPSA) is 21.6 Å². The van der Waals surface area contributed by atoms with E-state index in [4.69, 9.17) is 4.84 Å². The fourth-order valence-corrected chi connectivity index (χ4v) is 2.36. The molecule has 2 aromatic carbocycles. The molecule has 0 saturated carbocycles. The summed E-state index contributed by atoms with van der Waals surface area (Å²) in [6, 6.07) is 12.7. The van der Waals surface area contributed by atoms with E-state index in [1.165, 1.54) is 16.3 Å². The predicted molar refractivity (Wildman–Crippen MR) is 75.5 cm³/mol. The highest BCUT2D eigenvalue weighted by Crippen LogP contribution is 2.25. The first-order valence-corrected chi connectivity index (χ1v) is 6.24. The Balaban J connectivity index is 2.41. The molecule has 0 fully saturated rings. The number of halogens is 1. The zero-order valence-corrected chi connectivity index (χ0v) is 11.5. The lowest BCUT2D eigenvalue weighted by molar-refractivity contribution is 0.212. The first kappa shape index (κ1) is 12.1. The monoisotopic (exact) mass is 291 g/mol. The zero-order valence-electron chi connectivity index (χ0n) is 9.90. The van der Waals surface area contributed by atoms with Gasteiger partial charge in [0.2, 0.25) is 0 Å². The average molecular weight is 292 g/mol. The van der Waals surface area contributed by atoms with Gasteiger partial charge in [-0.1, -0.05) is 45.4 Å². The number of oxime groups is 1. The van der Waals surface area contributed by atoms with Gasteiger partial charge in [-0.3, -0.25) is 0 Å². The molecule has 0 bridgehead atoms. The normalized spacial score (nSPS) is 11.8. The van der Waals surface area contributed by atoms with E-state index in [2.05, 4.69) is 51.4 Å². The van der Waals surface area contributed by atoms with Gasteiger partial charge in [0.1, 0.15) is 7.11 Å². The van der Waals surface area contributed by atoms with E-state index in [1.54, 1.807) is 7.11 Å². The Hall–Kier alpha value is -1.35. The third-order valence-corrected chi connectivity index (χ3v) is 3.35. The van der Waals surface area contributed by atoms with E-state index in [-0.39, 0.29) is 0 Å². The molecule has 17 heavy (non-hydrogen) atoms. The van der Waals surface area contributed by atoms with Crippen molar-refractivity contribution < 1.29 is 4.84 Å². The van der Waals surface area contributed by atoms with Crippen LogP contribution < -0.4 is 0 Å². The Labute approximate surface area is 109 Å². The molecule has 3 heteroatoms. The molecule has 2 nitrogen and oxygen atoms in total. The summed E-state index contributed by atoms with van der Waals surface area (Å²) >= 11 is 3.60. The predicted octanol–water partition coefficient (Wildman–Crippen LogP) is 4.17. The van der Waals surface area contributed by atoms with Gasteiger partial charge in [-0.05, 0) is 35.4 Å². The number of hydrogen-bond acceptors (Lipinski definition) is 2. The van der Waals surface area contributed by atoms with Crippen LogP contribution in [-0.4, -0.2) is 12.8 Å². The molecule has 0 heterocycles.